The normalized spacial score (nSPS) is 18.1. The van der Waals surface area contributed by atoms with Crippen LogP contribution >= 0.6 is 0 Å². The third kappa shape index (κ3) is 1.76. The highest BCUT2D eigenvalue weighted by atomic mass is 16.3. The fraction of sp³-hybridized carbons (Fsp3) is 0.200. The first-order valence-electron chi connectivity index (χ1n) is 4.47. The quantitative estimate of drug-likeness (QED) is 0.533. The van der Waals surface area contributed by atoms with Gasteiger partial charge in [0.15, 0.2) is 0 Å². The lowest BCUT2D eigenvalue weighted by Gasteiger charge is -1.92. The van der Waals surface area contributed by atoms with Crippen LogP contribution in [0.1, 0.15) is 17.1 Å². The number of rotatable bonds is 1. The van der Waals surface area contributed by atoms with Crippen LogP contribution in [0, 0.1) is 13.8 Å². The average molecular weight is 206 g/mol. The van der Waals surface area contributed by atoms with Crippen molar-refractivity contribution in [2.75, 3.05) is 0 Å². The molecule has 0 spiro atoms. The van der Waals surface area contributed by atoms with Crippen LogP contribution in [0.15, 0.2) is 16.2 Å². The second kappa shape index (κ2) is 3.27. The van der Waals surface area contributed by atoms with Gasteiger partial charge in [-0.05, 0) is 26.0 Å². The third-order valence-electron chi connectivity index (χ3n) is 2.10. The monoisotopic (exact) mass is 206 g/mol. The van der Waals surface area contributed by atoms with Gasteiger partial charge in [0.1, 0.15) is 17.2 Å². The van der Waals surface area contributed by atoms with Crippen LogP contribution in [-0.2, 0) is 4.79 Å². The van der Waals surface area contributed by atoms with Crippen molar-refractivity contribution in [3.05, 3.63) is 28.8 Å². The molecular weight excluding hydrogens is 196 g/mol. The Balaban J connectivity index is 2.34. The molecule has 2 heterocycles. The Morgan fingerprint density at radius 2 is 2.00 bits per heavy atom. The minimum atomic E-state index is -0.496. The second-order valence-corrected chi connectivity index (χ2v) is 3.33. The lowest BCUT2D eigenvalue weighted by atomic mass is 10.2. The summed E-state index contributed by atoms with van der Waals surface area (Å²) in [7, 11) is 0. The van der Waals surface area contributed by atoms with E-state index in [0.29, 0.717) is 5.76 Å². The first-order chi connectivity index (χ1) is 7.06. The van der Waals surface area contributed by atoms with Crippen LogP contribution in [0.2, 0.25) is 0 Å². The van der Waals surface area contributed by atoms with E-state index in [1.807, 2.05) is 6.92 Å². The van der Waals surface area contributed by atoms with Crippen LogP contribution in [0.3, 0.4) is 0 Å². The van der Waals surface area contributed by atoms with Crippen LogP contribution in [0.5, 0.6) is 0 Å². The highest BCUT2D eigenvalue weighted by Crippen LogP contribution is 2.17. The Kier molecular flexibility index (Phi) is 2.07. The fourth-order valence-electron chi connectivity index (χ4n) is 1.43. The highest BCUT2D eigenvalue weighted by Gasteiger charge is 2.23. The van der Waals surface area contributed by atoms with Crippen LogP contribution < -0.4 is 10.6 Å². The van der Waals surface area contributed by atoms with E-state index >= 15 is 0 Å². The van der Waals surface area contributed by atoms with E-state index in [-0.39, 0.29) is 5.70 Å². The number of carbonyl (C=O) groups is 2. The van der Waals surface area contributed by atoms with Gasteiger partial charge in [-0.1, -0.05) is 0 Å². The van der Waals surface area contributed by atoms with Gasteiger partial charge in [0, 0.05) is 5.56 Å². The summed E-state index contributed by atoms with van der Waals surface area (Å²) in [5.74, 6) is 1.07. The van der Waals surface area contributed by atoms with Crippen molar-refractivity contribution in [2.45, 2.75) is 13.8 Å². The summed E-state index contributed by atoms with van der Waals surface area (Å²) >= 11 is 0. The Morgan fingerprint density at radius 1 is 1.27 bits per heavy atom. The molecule has 0 aromatic carbocycles. The first kappa shape index (κ1) is 9.51. The number of imide groups is 1. The Labute approximate surface area is 86.1 Å². The summed E-state index contributed by atoms with van der Waals surface area (Å²) in [6, 6.07) is 1.31. The summed E-state index contributed by atoms with van der Waals surface area (Å²) in [6.45, 7) is 3.62. The van der Waals surface area contributed by atoms with E-state index in [4.69, 9.17) is 4.42 Å². The molecule has 5 nitrogen and oxygen atoms in total. The molecular formula is C10H10N2O3. The molecule has 2 rings (SSSR count). The van der Waals surface area contributed by atoms with Crippen molar-refractivity contribution in [3.63, 3.8) is 0 Å². The van der Waals surface area contributed by atoms with Crippen molar-refractivity contribution < 1.29 is 14.0 Å². The van der Waals surface area contributed by atoms with Crippen molar-refractivity contribution in [3.8, 4) is 0 Å². The summed E-state index contributed by atoms with van der Waals surface area (Å²) in [5, 5.41) is 4.53. The van der Waals surface area contributed by atoms with Gasteiger partial charge < -0.3 is 9.73 Å². The maximum atomic E-state index is 11.2. The lowest BCUT2D eigenvalue weighted by Crippen LogP contribution is -2.22. The number of nitrogens with one attached hydrogen (secondary N) is 2. The minimum absolute atomic E-state index is 0.240. The molecule has 0 bridgehead atoms. The largest absolute Gasteiger partial charge is 0.466 e. The number of furan rings is 1. The van der Waals surface area contributed by atoms with Gasteiger partial charge in [0.05, 0.1) is 0 Å². The molecule has 1 aromatic rings. The molecule has 1 aliphatic heterocycles. The number of amides is 3. The molecule has 1 aliphatic rings. The minimum Gasteiger partial charge on any atom is -0.466 e. The Hall–Kier alpha value is -2.04. The SMILES string of the molecule is Cc1cc(/C=C2/NC(=O)NC2=O)c(C)o1. The molecule has 1 fully saturated rings. The van der Waals surface area contributed by atoms with Gasteiger partial charge in [-0.15, -0.1) is 0 Å². The van der Waals surface area contributed by atoms with Gasteiger partial charge in [0.2, 0.25) is 0 Å². The zero-order chi connectivity index (χ0) is 11.0. The summed E-state index contributed by atoms with van der Waals surface area (Å²) in [5.41, 5.74) is 1.03. The van der Waals surface area contributed by atoms with Crippen LogP contribution in [-0.4, -0.2) is 11.9 Å². The van der Waals surface area contributed by atoms with Gasteiger partial charge in [-0.2, -0.15) is 0 Å². The first-order valence-corrected chi connectivity index (χ1v) is 4.47. The molecule has 0 aliphatic carbocycles. The predicted octanol–water partition coefficient (Wildman–Crippen LogP) is 1.08. The molecule has 1 saturated heterocycles. The number of urea groups is 1. The fourth-order valence-corrected chi connectivity index (χ4v) is 1.43. The van der Waals surface area contributed by atoms with Crippen LogP contribution in [0.4, 0.5) is 4.79 Å². The number of hydrogen-bond donors (Lipinski definition) is 2. The van der Waals surface area contributed by atoms with Crippen molar-refractivity contribution in [1.82, 2.24) is 10.6 Å². The maximum absolute atomic E-state index is 11.2. The van der Waals surface area contributed by atoms with Gasteiger partial charge in [0.25, 0.3) is 5.91 Å². The second-order valence-electron chi connectivity index (χ2n) is 3.33. The molecule has 15 heavy (non-hydrogen) atoms. The molecule has 1 aromatic heterocycles. The zero-order valence-corrected chi connectivity index (χ0v) is 8.38. The standard InChI is InChI=1S/C10H10N2O3/c1-5-3-7(6(2)15-5)4-8-9(13)12-10(14)11-8/h3-4H,1-2H3,(H2,11,12,13,14)/b8-4+. The van der Waals surface area contributed by atoms with Gasteiger partial charge >= 0.3 is 6.03 Å². The maximum Gasteiger partial charge on any atom is 0.326 e. The van der Waals surface area contributed by atoms with E-state index in [0.717, 1.165) is 11.3 Å². The highest BCUT2D eigenvalue weighted by molar-refractivity contribution is 6.14. The van der Waals surface area contributed by atoms with Crippen LogP contribution in [0.25, 0.3) is 6.08 Å². The summed E-state index contributed by atoms with van der Waals surface area (Å²) < 4.78 is 5.30. The Bertz CT molecular complexity index is 471. The smallest absolute Gasteiger partial charge is 0.326 e. The van der Waals surface area contributed by atoms with Crippen molar-refractivity contribution in [2.24, 2.45) is 0 Å². The van der Waals surface area contributed by atoms with Gasteiger partial charge in [-0.25, -0.2) is 4.79 Å². The third-order valence-corrected chi connectivity index (χ3v) is 2.10. The molecule has 0 unspecified atom stereocenters. The molecule has 0 radical (unpaired) electrons. The summed E-state index contributed by atoms with van der Waals surface area (Å²) in [6.07, 6.45) is 1.59. The van der Waals surface area contributed by atoms with E-state index in [1.165, 1.54) is 0 Å². The lowest BCUT2D eigenvalue weighted by molar-refractivity contribution is -0.115. The van der Waals surface area contributed by atoms with E-state index in [2.05, 4.69) is 10.6 Å². The summed E-state index contributed by atoms with van der Waals surface area (Å²) in [4.78, 5) is 22.1. The van der Waals surface area contributed by atoms with Crippen molar-refractivity contribution in [1.29, 1.82) is 0 Å². The number of hydrogen-bond acceptors (Lipinski definition) is 3. The van der Waals surface area contributed by atoms with Gasteiger partial charge in [-0.3, -0.25) is 10.1 Å². The number of aryl methyl sites for hydroxylation is 2. The molecule has 0 atom stereocenters. The van der Waals surface area contributed by atoms with E-state index in [1.54, 1.807) is 19.1 Å². The molecule has 5 heteroatoms. The topological polar surface area (TPSA) is 71.3 Å². The van der Waals surface area contributed by atoms with Crippen molar-refractivity contribution >= 4 is 18.0 Å². The van der Waals surface area contributed by atoms with E-state index < -0.39 is 11.9 Å². The zero-order valence-electron chi connectivity index (χ0n) is 8.38. The molecule has 3 amide bonds. The molecule has 2 N–H and O–H groups in total. The van der Waals surface area contributed by atoms with E-state index in [9.17, 15) is 9.59 Å². The Morgan fingerprint density at radius 3 is 2.47 bits per heavy atom. The average Bonchev–Trinajstić information content (AvgIpc) is 2.58. The molecule has 78 valence electrons. The molecule has 0 saturated carbocycles. The number of carbonyl (C=O) groups excluding carboxylic acids is 2. The predicted molar refractivity (Wildman–Crippen MR) is 52.8 cm³/mol.